The molecule has 0 amide bonds. The van der Waals surface area contributed by atoms with E-state index >= 15 is 0 Å². The summed E-state index contributed by atoms with van der Waals surface area (Å²) in [5.74, 6) is 1.93. The van der Waals surface area contributed by atoms with Crippen LogP contribution in [0.2, 0.25) is 0 Å². The second-order valence-corrected chi connectivity index (χ2v) is 16.0. The summed E-state index contributed by atoms with van der Waals surface area (Å²) in [6.45, 7) is 13.2. The maximum Gasteiger partial charge on any atom is 0.112 e. The number of aromatic amines is 2. The Bertz CT molecular complexity index is 2380. The molecule has 0 aliphatic heterocycles. The average Bonchev–Trinajstić information content (AvgIpc) is 3.86. The Hall–Kier alpha value is -6.26. The fraction of sp³-hybridized carbons (Fsp3) is 0.160. The van der Waals surface area contributed by atoms with E-state index in [0.29, 0.717) is 0 Å². The molecule has 0 bridgehead atoms. The van der Waals surface area contributed by atoms with E-state index in [-0.39, 0.29) is 10.8 Å². The number of imidazole rings is 2. The maximum atomic E-state index is 5.22. The average molecular weight is 703 g/mol. The predicted octanol–water partition coefficient (Wildman–Crippen LogP) is 13.4. The van der Waals surface area contributed by atoms with Gasteiger partial charge in [-0.25, -0.2) is 9.97 Å². The largest absolute Gasteiger partial charge is 0.341 e. The third-order valence-corrected chi connectivity index (χ3v) is 10.0. The summed E-state index contributed by atoms with van der Waals surface area (Å²) >= 11 is 0. The molecule has 8 aromatic rings. The number of nitrogens with one attached hydrogen (secondary N) is 2. The Morgan fingerprint density at radius 1 is 0.315 bits per heavy atom. The van der Waals surface area contributed by atoms with Crippen LogP contribution in [-0.4, -0.2) is 19.9 Å². The van der Waals surface area contributed by atoms with Crippen LogP contribution >= 0.6 is 0 Å². The normalized spacial score (nSPS) is 11.9. The fourth-order valence-corrected chi connectivity index (χ4v) is 7.23. The smallest absolute Gasteiger partial charge is 0.112 e. The van der Waals surface area contributed by atoms with Crippen molar-refractivity contribution in [1.82, 2.24) is 19.9 Å². The van der Waals surface area contributed by atoms with Crippen molar-refractivity contribution in [3.63, 3.8) is 0 Å². The Labute approximate surface area is 319 Å². The monoisotopic (exact) mass is 702 g/mol. The molecular weight excluding hydrogens is 657 g/mol. The zero-order chi connectivity index (χ0) is 37.5. The van der Waals surface area contributed by atoms with Gasteiger partial charge in [-0.2, -0.15) is 0 Å². The van der Waals surface area contributed by atoms with E-state index in [1.54, 1.807) is 0 Å². The molecule has 0 aliphatic carbocycles. The van der Waals surface area contributed by atoms with Crippen molar-refractivity contribution in [2.75, 3.05) is 0 Å². The standard InChI is InChI=1S/C50H46N4/c1-49(2,3)47-51-43(33-21-9-7-10-22-33)45(53-47)41-31-19-17-29-39(41)37-27-15-13-25-35(37)36-26-14-16-28-38(36)40-30-18-20-32-42(40)46-44(34-23-11-8-12-24-34)52-48(54-46)50(4,5)6/h7-32H,1-6H3,(H,51,53)(H,52,54). The van der Waals surface area contributed by atoms with Crippen LogP contribution in [0.1, 0.15) is 53.2 Å². The van der Waals surface area contributed by atoms with Crippen LogP contribution in [0.25, 0.3) is 78.4 Å². The summed E-state index contributed by atoms with van der Waals surface area (Å²) in [5, 5.41) is 0. The lowest BCUT2D eigenvalue weighted by molar-refractivity contribution is 0.553. The maximum absolute atomic E-state index is 5.22. The summed E-state index contributed by atoms with van der Waals surface area (Å²) in [5.41, 5.74) is 15.0. The lowest BCUT2D eigenvalue weighted by atomic mass is 9.85. The molecule has 0 saturated heterocycles. The summed E-state index contributed by atoms with van der Waals surface area (Å²) < 4.78 is 0. The van der Waals surface area contributed by atoms with Gasteiger partial charge in [0.2, 0.25) is 0 Å². The lowest BCUT2D eigenvalue weighted by Gasteiger charge is -2.19. The number of aromatic nitrogens is 4. The van der Waals surface area contributed by atoms with Gasteiger partial charge < -0.3 is 9.97 Å². The van der Waals surface area contributed by atoms with Gasteiger partial charge in [0.25, 0.3) is 0 Å². The summed E-state index contributed by atoms with van der Waals surface area (Å²) in [6.07, 6.45) is 0. The number of hydrogen-bond donors (Lipinski definition) is 2. The molecule has 8 rings (SSSR count). The van der Waals surface area contributed by atoms with Crippen molar-refractivity contribution < 1.29 is 0 Å². The zero-order valence-corrected chi connectivity index (χ0v) is 31.9. The van der Waals surface area contributed by atoms with Crippen molar-refractivity contribution in [3.8, 4) is 78.4 Å². The first-order chi connectivity index (χ1) is 26.1. The van der Waals surface area contributed by atoms with Gasteiger partial charge in [0.05, 0.1) is 22.8 Å². The van der Waals surface area contributed by atoms with Crippen molar-refractivity contribution in [3.05, 3.63) is 169 Å². The fourth-order valence-electron chi connectivity index (χ4n) is 7.23. The number of rotatable bonds is 7. The summed E-state index contributed by atoms with van der Waals surface area (Å²) in [7, 11) is 0. The van der Waals surface area contributed by atoms with Crippen molar-refractivity contribution >= 4 is 0 Å². The van der Waals surface area contributed by atoms with Gasteiger partial charge >= 0.3 is 0 Å². The van der Waals surface area contributed by atoms with Crippen LogP contribution in [0.5, 0.6) is 0 Å². The highest BCUT2D eigenvalue weighted by molar-refractivity contribution is 5.99. The molecule has 2 aromatic heterocycles. The van der Waals surface area contributed by atoms with Crippen LogP contribution in [0.3, 0.4) is 0 Å². The molecule has 0 saturated carbocycles. The third-order valence-electron chi connectivity index (χ3n) is 10.0. The Morgan fingerprint density at radius 2 is 0.556 bits per heavy atom. The van der Waals surface area contributed by atoms with Crippen LogP contribution in [-0.2, 0) is 10.8 Å². The molecule has 0 aliphatic rings. The molecule has 2 heterocycles. The second-order valence-electron chi connectivity index (χ2n) is 16.0. The van der Waals surface area contributed by atoms with Gasteiger partial charge in [-0.15, -0.1) is 0 Å². The quantitative estimate of drug-likeness (QED) is 0.174. The van der Waals surface area contributed by atoms with E-state index in [2.05, 4.69) is 209 Å². The molecule has 0 atom stereocenters. The van der Waals surface area contributed by atoms with Crippen LogP contribution < -0.4 is 0 Å². The van der Waals surface area contributed by atoms with E-state index in [4.69, 9.17) is 9.97 Å². The van der Waals surface area contributed by atoms with E-state index < -0.39 is 0 Å². The molecule has 4 nitrogen and oxygen atoms in total. The topological polar surface area (TPSA) is 57.4 Å². The van der Waals surface area contributed by atoms with Gasteiger partial charge in [-0.3, -0.25) is 0 Å². The van der Waals surface area contributed by atoms with Gasteiger partial charge in [0.15, 0.2) is 0 Å². The summed E-state index contributed by atoms with van der Waals surface area (Å²) in [6, 6.07) is 56.0. The van der Waals surface area contributed by atoms with Crippen molar-refractivity contribution in [1.29, 1.82) is 0 Å². The minimum absolute atomic E-state index is 0.149. The molecular formula is C50H46N4. The van der Waals surface area contributed by atoms with Crippen LogP contribution in [0.4, 0.5) is 0 Å². The molecule has 0 radical (unpaired) electrons. The Morgan fingerprint density at radius 3 is 0.833 bits per heavy atom. The van der Waals surface area contributed by atoms with Gasteiger partial charge in [0, 0.05) is 33.1 Å². The van der Waals surface area contributed by atoms with E-state index in [0.717, 1.165) is 90.1 Å². The molecule has 54 heavy (non-hydrogen) atoms. The zero-order valence-electron chi connectivity index (χ0n) is 31.9. The minimum atomic E-state index is -0.149. The molecule has 266 valence electrons. The first-order valence-electron chi connectivity index (χ1n) is 18.8. The van der Waals surface area contributed by atoms with Crippen LogP contribution in [0.15, 0.2) is 158 Å². The van der Waals surface area contributed by atoms with E-state index in [1.807, 2.05) is 0 Å². The highest BCUT2D eigenvalue weighted by atomic mass is 15.0. The van der Waals surface area contributed by atoms with E-state index in [1.165, 1.54) is 0 Å². The number of hydrogen-bond acceptors (Lipinski definition) is 2. The molecule has 6 aromatic carbocycles. The van der Waals surface area contributed by atoms with E-state index in [9.17, 15) is 0 Å². The third kappa shape index (κ3) is 6.60. The first kappa shape index (κ1) is 34.8. The van der Waals surface area contributed by atoms with Gasteiger partial charge in [-0.05, 0) is 33.4 Å². The SMILES string of the molecule is CC(C)(C)c1nc(-c2ccccc2)c(-c2ccccc2-c2ccccc2-c2ccccc2-c2ccccc2-c2[nH]c(C(C)(C)C)nc2-c2ccccc2)[nH]1. The van der Waals surface area contributed by atoms with Crippen molar-refractivity contribution in [2.45, 2.75) is 52.4 Å². The van der Waals surface area contributed by atoms with Gasteiger partial charge in [-0.1, -0.05) is 199 Å². The molecule has 4 heteroatoms. The highest BCUT2D eigenvalue weighted by Gasteiger charge is 2.26. The van der Waals surface area contributed by atoms with Gasteiger partial charge in [0.1, 0.15) is 11.6 Å². The van der Waals surface area contributed by atoms with Crippen LogP contribution in [0, 0.1) is 0 Å². The van der Waals surface area contributed by atoms with Crippen molar-refractivity contribution in [2.24, 2.45) is 0 Å². The number of nitrogens with zero attached hydrogens (tertiary/aromatic N) is 2. The number of benzene rings is 6. The molecule has 2 N–H and O–H groups in total. The first-order valence-corrected chi connectivity index (χ1v) is 18.8. The highest BCUT2D eigenvalue weighted by Crippen LogP contribution is 2.46. The second kappa shape index (κ2) is 13.9. The predicted molar refractivity (Wildman–Crippen MR) is 226 cm³/mol. The lowest BCUT2D eigenvalue weighted by Crippen LogP contribution is -2.13. The Balaban J connectivity index is 1.32. The Kier molecular flexibility index (Phi) is 8.99. The molecule has 0 unspecified atom stereocenters. The summed E-state index contributed by atoms with van der Waals surface area (Å²) in [4.78, 5) is 18.0. The molecule has 0 fully saturated rings. The minimum Gasteiger partial charge on any atom is -0.341 e. The number of H-pyrrole nitrogens is 2. The molecule has 0 spiro atoms.